The Labute approximate surface area is 82.4 Å². The summed E-state index contributed by atoms with van der Waals surface area (Å²) in [5.74, 6) is 0. The standard InChI is InChI=1S/C9H10ClN3/c10-8-7-12-6-3-9(8)13-5-2-1-4-11/h3,6-7H,1-2,5H2,(H,12,13). The summed E-state index contributed by atoms with van der Waals surface area (Å²) in [6, 6.07) is 3.90. The van der Waals surface area contributed by atoms with Crippen molar-refractivity contribution in [3.8, 4) is 6.07 Å². The van der Waals surface area contributed by atoms with Gasteiger partial charge in [0.15, 0.2) is 0 Å². The van der Waals surface area contributed by atoms with Crippen LogP contribution in [0.1, 0.15) is 12.8 Å². The van der Waals surface area contributed by atoms with Gasteiger partial charge in [-0.3, -0.25) is 4.98 Å². The Kier molecular flexibility index (Phi) is 4.07. The Balaban J connectivity index is 2.37. The first-order chi connectivity index (χ1) is 6.34. The monoisotopic (exact) mass is 195 g/mol. The molecule has 0 amide bonds. The third-order valence-electron chi connectivity index (χ3n) is 1.55. The van der Waals surface area contributed by atoms with E-state index in [0.717, 1.165) is 18.7 Å². The van der Waals surface area contributed by atoms with Crippen LogP contribution in [0.4, 0.5) is 5.69 Å². The van der Waals surface area contributed by atoms with E-state index in [1.165, 1.54) is 0 Å². The highest BCUT2D eigenvalue weighted by molar-refractivity contribution is 6.33. The van der Waals surface area contributed by atoms with E-state index in [2.05, 4.69) is 16.4 Å². The van der Waals surface area contributed by atoms with Crippen LogP contribution in [-0.2, 0) is 0 Å². The molecule has 0 aliphatic rings. The molecule has 4 heteroatoms. The summed E-state index contributed by atoms with van der Waals surface area (Å²) in [5, 5.41) is 12.0. The Morgan fingerprint density at radius 1 is 1.62 bits per heavy atom. The summed E-state index contributed by atoms with van der Waals surface area (Å²) < 4.78 is 0. The number of hydrogen-bond donors (Lipinski definition) is 1. The number of unbranched alkanes of at least 4 members (excludes halogenated alkanes) is 1. The molecule has 1 aromatic heterocycles. The molecule has 0 aromatic carbocycles. The number of nitrogens with one attached hydrogen (secondary N) is 1. The molecule has 0 fully saturated rings. The van der Waals surface area contributed by atoms with Crippen molar-refractivity contribution in [1.29, 1.82) is 5.26 Å². The predicted octanol–water partition coefficient (Wildman–Crippen LogP) is 2.45. The number of nitriles is 1. The highest BCUT2D eigenvalue weighted by Crippen LogP contribution is 2.18. The molecule has 1 aromatic rings. The normalized spacial score (nSPS) is 9.23. The summed E-state index contributed by atoms with van der Waals surface area (Å²) in [6.07, 6.45) is 4.66. The molecule has 0 spiro atoms. The zero-order valence-electron chi connectivity index (χ0n) is 7.13. The van der Waals surface area contributed by atoms with E-state index < -0.39 is 0 Å². The van der Waals surface area contributed by atoms with E-state index in [0.29, 0.717) is 11.4 Å². The van der Waals surface area contributed by atoms with Crippen LogP contribution in [-0.4, -0.2) is 11.5 Å². The predicted molar refractivity (Wildman–Crippen MR) is 52.6 cm³/mol. The van der Waals surface area contributed by atoms with Crippen molar-refractivity contribution in [2.75, 3.05) is 11.9 Å². The summed E-state index contributed by atoms with van der Waals surface area (Å²) in [7, 11) is 0. The van der Waals surface area contributed by atoms with E-state index in [1.807, 2.05) is 6.07 Å². The van der Waals surface area contributed by atoms with Gasteiger partial charge in [-0.25, -0.2) is 0 Å². The number of anilines is 1. The van der Waals surface area contributed by atoms with Crippen LogP contribution < -0.4 is 5.32 Å². The lowest BCUT2D eigenvalue weighted by Crippen LogP contribution is -2.01. The molecule has 1 heterocycles. The molecular weight excluding hydrogens is 186 g/mol. The fourth-order valence-electron chi connectivity index (χ4n) is 0.909. The van der Waals surface area contributed by atoms with Crippen LogP contribution in [0.3, 0.4) is 0 Å². The minimum Gasteiger partial charge on any atom is -0.384 e. The number of hydrogen-bond acceptors (Lipinski definition) is 3. The lowest BCUT2D eigenvalue weighted by Gasteiger charge is -2.05. The van der Waals surface area contributed by atoms with Crippen molar-refractivity contribution in [1.82, 2.24) is 4.98 Å². The van der Waals surface area contributed by atoms with E-state index in [9.17, 15) is 0 Å². The fraction of sp³-hybridized carbons (Fsp3) is 0.333. The molecule has 0 aliphatic carbocycles. The van der Waals surface area contributed by atoms with Gasteiger partial charge in [0, 0.05) is 25.4 Å². The maximum absolute atomic E-state index is 8.30. The van der Waals surface area contributed by atoms with E-state index in [1.54, 1.807) is 12.4 Å². The second-order valence-corrected chi connectivity index (χ2v) is 2.95. The Morgan fingerprint density at radius 3 is 3.15 bits per heavy atom. The fourth-order valence-corrected chi connectivity index (χ4v) is 1.10. The summed E-state index contributed by atoms with van der Waals surface area (Å²) in [6.45, 7) is 0.761. The maximum atomic E-state index is 8.30. The number of pyridine rings is 1. The highest BCUT2D eigenvalue weighted by atomic mass is 35.5. The van der Waals surface area contributed by atoms with E-state index in [-0.39, 0.29) is 0 Å². The molecule has 0 unspecified atom stereocenters. The maximum Gasteiger partial charge on any atom is 0.0820 e. The number of halogens is 1. The van der Waals surface area contributed by atoms with Crippen molar-refractivity contribution >= 4 is 17.3 Å². The van der Waals surface area contributed by atoms with Gasteiger partial charge in [-0.15, -0.1) is 0 Å². The first-order valence-electron chi connectivity index (χ1n) is 4.05. The molecule has 0 radical (unpaired) electrons. The summed E-state index contributed by atoms with van der Waals surface area (Å²) in [4.78, 5) is 3.87. The second kappa shape index (κ2) is 5.39. The minimum atomic E-state index is 0.565. The SMILES string of the molecule is N#CCCCNc1ccncc1Cl. The number of nitrogens with zero attached hydrogens (tertiary/aromatic N) is 2. The van der Waals surface area contributed by atoms with Crippen LogP contribution in [0.15, 0.2) is 18.5 Å². The van der Waals surface area contributed by atoms with Crippen LogP contribution in [0.2, 0.25) is 5.02 Å². The van der Waals surface area contributed by atoms with E-state index in [4.69, 9.17) is 16.9 Å². The molecule has 0 saturated heterocycles. The lowest BCUT2D eigenvalue weighted by atomic mass is 10.3. The van der Waals surface area contributed by atoms with Gasteiger partial charge in [-0.1, -0.05) is 11.6 Å². The van der Waals surface area contributed by atoms with Crippen molar-refractivity contribution < 1.29 is 0 Å². The summed E-state index contributed by atoms with van der Waals surface area (Å²) in [5.41, 5.74) is 0.870. The zero-order chi connectivity index (χ0) is 9.52. The molecule has 0 saturated carbocycles. The molecule has 68 valence electrons. The third-order valence-corrected chi connectivity index (χ3v) is 1.85. The molecular formula is C9H10ClN3. The average Bonchev–Trinajstić information content (AvgIpc) is 2.15. The van der Waals surface area contributed by atoms with Gasteiger partial charge in [0.1, 0.15) is 0 Å². The molecule has 13 heavy (non-hydrogen) atoms. The van der Waals surface area contributed by atoms with Crippen molar-refractivity contribution in [2.45, 2.75) is 12.8 Å². The van der Waals surface area contributed by atoms with Crippen molar-refractivity contribution in [3.63, 3.8) is 0 Å². The average molecular weight is 196 g/mol. The van der Waals surface area contributed by atoms with Crippen LogP contribution in [0.5, 0.6) is 0 Å². The minimum absolute atomic E-state index is 0.565. The zero-order valence-corrected chi connectivity index (χ0v) is 7.88. The molecule has 0 aliphatic heterocycles. The lowest BCUT2D eigenvalue weighted by molar-refractivity contribution is 0.897. The Bertz CT molecular complexity index is 306. The Morgan fingerprint density at radius 2 is 2.46 bits per heavy atom. The van der Waals surface area contributed by atoms with Gasteiger partial charge in [0.2, 0.25) is 0 Å². The quantitative estimate of drug-likeness (QED) is 0.751. The first kappa shape index (κ1) is 9.82. The second-order valence-electron chi connectivity index (χ2n) is 2.54. The number of rotatable bonds is 4. The van der Waals surface area contributed by atoms with Crippen LogP contribution >= 0.6 is 11.6 Å². The molecule has 1 rings (SSSR count). The molecule has 1 N–H and O–H groups in total. The molecule has 0 atom stereocenters. The largest absolute Gasteiger partial charge is 0.384 e. The molecule has 3 nitrogen and oxygen atoms in total. The van der Waals surface area contributed by atoms with Gasteiger partial charge in [-0.2, -0.15) is 5.26 Å². The van der Waals surface area contributed by atoms with Gasteiger partial charge in [0.25, 0.3) is 0 Å². The topological polar surface area (TPSA) is 48.7 Å². The van der Waals surface area contributed by atoms with Crippen molar-refractivity contribution in [3.05, 3.63) is 23.5 Å². The van der Waals surface area contributed by atoms with Gasteiger partial charge in [0.05, 0.1) is 16.8 Å². The summed E-state index contributed by atoms with van der Waals surface area (Å²) >= 11 is 5.85. The first-order valence-corrected chi connectivity index (χ1v) is 4.42. The van der Waals surface area contributed by atoms with Gasteiger partial charge >= 0.3 is 0 Å². The molecule has 0 bridgehead atoms. The smallest absolute Gasteiger partial charge is 0.0820 e. The van der Waals surface area contributed by atoms with Crippen LogP contribution in [0, 0.1) is 11.3 Å². The van der Waals surface area contributed by atoms with E-state index >= 15 is 0 Å². The van der Waals surface area contributed by atoms with Crippen molar-refractivity contribution in [2.24, 2.45) is 0 Å². The third kappa shape index (κ3) is 3.30. The highest BCUT2D eigenvalue weighted by Gasteiger charge is 1.96. The number of aromatic nitrogens is 1. The van der Waals surface area contributed by atoms with Gasteiger partial charge < -0.3 is 5.32 Å². The van der Waals surface area contributed by atoms with Crippen LogP contribution in [0.25, 0.3) is 0 Å². The van der Waals surface area contributed by atoms with Gasteiger partial charge in [-0.05, 0) is 12.5 Å². The Hall–Kier alpha value is -1.27.